The summed E-state index contributed by atoms with van der Waals surface area (Å²) in [5, 5.41) is 25.4. The van der Waals surface area contributed by atoms with E-state index in [0.29, 0.717) is 36.0 Å². The fourth-order valence-corrected chi connectivity index (χ4v) is 8.63. The Kier molecular flexibility index (Phi) is 15.5. The number of pyridine rings is 2. The van der Waals surface area contributed by atoms with Gasteiger partial charge in [0, 0.05) is 55.8 Å². The van der Waals surface area contributed by atoms with Gasteiger partial charge in [0.1, 0.15) is 18.2 Å². The van der Waals surface area contributed by atoms with Crippen LogP contribution in [0.15, 0.2) is 67.3 Å². The number of unbranched alkanes of at least 4 members (excludes halogenated alkanes) is 1. The van der Waals surface area contributed by atoms with Crippen LogP contribution in [-0.2, 0) is 36.1 Å². The number of aliphatic hydroxyl groups is 1. The van der Waals surface area contributed by atoms with E-state index < -0.39 is 53.3 Å². The molecule has 5 N–H and O–H groups in total. The van der Waals surface area contributed by atoms with Crippen molar-refractivity contribution in [1.29, 1.82) is 0 Å². The molecule has 3 aromatic heterocycles. The maximum atomic E-state index is 15.0. The first-order chi connectivity index (χ1) is 29.8. The Bertz CT molecular complexity index is 2200. The van der Waals surface area contributed by atoms with E-state index in [-0.39, 0.29) is 63.0 Å². The second-order valence-electron chi connectivity index (χ2n) is 17.0. The molecule has 6 rings (SSSR count). The minimum atomic E-state index is -1.35. The minimum Gasteiger partial charge on any atom is -0.445 e. The maximum absolute atomic E-state index is 15.0. The second-order valence-corrected chi connectivity index (χ2v) is 17.0. The quantitative estimate of drug-likeness (QED) is 0.0547. The molecule has 4 atom stereocenters. The molecule has 62 heavy (non-hydrogen) atoms. The first-order valence-corrected chi connectivity index (χ1v) is 21.5. The third kappa shape index (κ3) is 11.8. The van der Waals surface area contributed by atoms with Gasteiger partial charge < -0.3 is 31.1 Å². The Labute approximate surface area is 360 Å². The molecule has 0 radical (unpaired) electrons. The number of aromatic nitrogens is 5. The highest BCUT2D eigenvalue weighted by molar-refractivity contribution is 6.37. The largest absolute Gasteiger partial charge is 0.445 e. The van der Waals surface area contributed by atoms with Gasteiger partial charge in [0.25, 0.3) is 5.91 Å². The summed E-state index contributed by atoms with van der Waals surface area (Å²) in [6.07, 6.45) is 12.3. The number of hydrogen-bond acceptors (Lipinski definition) is 12. The van der Waals surface area contributed by atoms with Gasteiger partial charge in [0.2, 0.25) is 17.6 Å². The molecule has 4 amide bonds. The molecule has 330 valence electrons. The molecule has 4 heterocycles. The van der Waals surface area contributed by atoms with Gasteiger partial charge in [-0.1, -0.05) is 67.6 Å². The van der Waals surface area contributed by atoms with E-state index in [1.807, 2.05) is 36.4 Å². The highest BCUT2D eigenvalue weighted by Crippen LogP contribution is 2.36. The fourth-order valence-electron chi connectivity index (χ4n) is 8.63. The molecule has 4 aromatic rings. The summed E-state index contributed by atoms with van der Waals surface area (Å²) in [6.45, 7) is 3.53. The number of likely N-dealkylation sites (tertiary alicyclic amines) is 1. The molecule has 1 saturated heterocycles. The molecule has 2 aliphatic rings. The number of alkyl carbamates (subject to hydrolysis) is 1. The van der Waals surface area contributed by atoms with Gasteiger partial charge in [0.05, 0.1) is 35.1 Å². The zero-order valence-corrected chi connectivity index (χ0v) is 35.4. The summed E-state index contributed by atoms with van der Waals surface area (Å²) in [7, 11) is 0. The Morgan fingerprint density at radius 3 is 2.48 bits per heavy atom. The van der Waals surface area contributed by atoms with Crippen LogP contribution in [0.4, 0.5) is 4.79 Å². The lowest BCUT2D eigenvalue weighted by Crippen LogP contribution is -2.53. The van der Waals surface area contributed by atoms with Gasteiger partial charge in [-0.2, -0.15) is 0 Å². The summed E-state index contributed by atoms with van der Waals surface area (Å²) in [4.78, 5) is 90.9. The van der Waals surface area contributed by atoms with Gasteiger partial charge >= 0.3 is 6.09 Å². The number of carbonyl (C=O) groups excluding carboxylic acids is 6. The summed E-state index contributed by atoms with van der Waals surface area (Å²) in [5.74, 6) is -3.74. The van der Waals surface area contributed by atoms with E-state index >= 15 is 0 Å². The molecular weight excluding hydrogens is 795 g/mol. The second kappa shape index (κ2) is 21.1. The lowest BCUT2D eigenvalue weighted by atomic mass is 9.80. The molecule has 17 nitrogen and oxygen atoms in total. The van der Waals surface area contributed by atoms with Crippen molar-refractivity contribution in [3.63, 3.8) is 0 Å². The summed E-state index contributed by atoms with van der Waals surface area (Å²) in [6, 6.07) is 9.84. The average Bonchev–Trinajstić information content (AvgIpc) is 3.96. The van der Waals surface area contributed by atoms with E-state index in [2.05, 4.69) is 30.9 Å². The third-order valence-electron chi connectivity index (χ3n) is 11.9. The van der Waals surface area contributed by atoms with E-state index in [0.717, 1.165) is 43.1 Å². The first-order valence-electron chi connectivity index (χ1n) is 21.5. The van der Waals surface area contributed by atoms with Crippen molar-refractivity contribution in [1.82, 2.24) is 40.5 Å². The number of fused-ring (bicyclic) bond motifs is 1. The highest BCUT2D eigenvalue weighted by atomic mass is 16.5. The van der Waals surface area contributed by atoms with Crippen LogP contribution in [0.25, 0.3) is 10.9 Å². The topological polar surface area (TPSA) is 242 Å². The molecule has 1 unspecified atom stereocenters. The van der Waals surface area contributed by atoms with Crippen molar-refractivity contribution < 1.29 is 38.6 Å². The smallest absolute Gasteiger partial charge is 0.407 e. The van der Waals surface area contributed by atoms with Gasteiger partial charge in [-0.05, 0) is 69.6 Å². The number of nitrogens with two attached hydrogens (primary N) is 1. The van der Waals surface area contributed by atoms with Crippen LogP contribution in [-0.4, -0.2) is 95.5 Å². The van der Waals surface area contributed by atoms with Gasteiger partial charge in [-0.15, -0.1) is 5.10 Å². The summed E-state index contributed by atoms with van der Waals surface area (Å²) < 4.78 is 6.77. The molecular formula is C45H57N9O8. The Morgan fingerprint density at radius 1 is 0.968 bits per heavy atom. The van der Waals surface area contributed by atoms with Crippen molar-refractivity contribution in [2.75, 3.05) is 13.1 Å². The number of rotatable bonds is 20. The number of ether oxygens (including phenoxy) is 1. The predicted octanol–water partition coefficient (Wildman–Crippen LogP) is 4.48. The highest BCUT2D eigenvalue weighted by Gasteiger charge is 2.45. The molecule has 1 aliphatic carbocycles. The monoisotopic (exact) mass is 851 g/mol. The molecule has 1 saturated carbocycles. The van der Waals surface area contributed by atoms with Crippen LogP contribution in [0.5, 0.6) is 0 Å². The van der Waals surface area contributed by atoms with Crippen LogP contribution in [0.1, 0.15) is 119 Å². The number of primary amides is 1. The standard InChI is InChI=1S/C45H57N9O8/c1-45(2,61)38-26-50-52-54(38)33-23-36(42(58)51-35(40(56)41(46)57)17-9-10-20-49-44(60)62-28-30-14-7-4-8-15-30)53(27-33)43(59)31(22-29-12-5-3-6-13-29)18-19-37(55)34-25-47-24-32-16-11-21-48-39(32)34/h4,7-8,11,14-16,21,24-26,29,31,33,35-36,61H,3,5-6,9-10,12-13,17-20,22-23,27-28H2,1-2H3,(H2,46,57)(H,49,60)(H,51,58)/t31-,33+,35?,36+/m1/s1. The third-order valence-corrected chi connectivity index (χ3v) is 11.9. The van der Waals surface area contributed by atoms with Crippen LogP contribution in [0, 0.1) is 11.8 Å². The number of amides is 4. The van der Waals surface area contributed by atoms with E-state index in [1.165, 1.54) is 22.0 Å². The van der Waals surface area contributed by atoms with E-state index in [1.54, 1.807) is 32.3 Å². The average molecular weight is 852 g/mol. The number of Topliss-reactive ketones (excluding diaryl/α,β-unsaturated/α-hetero) is 2. The van der Waals surface area contributed by atoms with E-state index in [4.69, 9.17) is 10.5 Å². The molecule has 0 spiro atoms. The Morgan fingerprint density at radius 2 is 1.74 bits per heavy atom. The van der Waals surface area contributed by atoms with Crippen LogP contribution >= 0.6 is 0 Å². The zero-order chi connectivity index (χ0) is 44.2. The minimum absolute atomic E-state index is 0.0363. The van der Waals surface area contributed by atoms with Crippen molar-refractivity contribution in [2.45, 2.75) is 121 Å². The predicted molar refractivity (Wildman–Crippen MR) is 227 cm³/mol. The van der Waals surface area contributed by atoms with Gasteiger partial charge in [-0.25, -0.2) is 9.48 Å². The van der Waals surface area contributed by atoms with Crippen LogP contribution in [0.3, 0.4) is 0 Å². The van der Waals surface area contributed by atoms with Crippen molar-refractivity contribution in [3.8, 4) is 0 Å². The number of nitrogens with zero attached hydrogens (tertiary/aromatic N) is 6. The summed E-state index contributed by atoms with van der Waals surface area (Å²) >= 11 is 0. The fraction of sp³-hybridized carbons (Fsp3) is 0.511. The maximum Gasteiger partial charge on any atom is 0.407 e. The lowest BCUT2D eigenvalue weighted by Gasteiger charge is -2.32. The van der Waals surface area contributed by atoms with Crippen LogP contribution < -0.4 is 16.4 Å². The van der Waals surface area contributed by atoms with Crippen molar-refractivity contribution in [2.24, 2.45) is 17.6 Å². The molecule has 1 aromatic carbocycles. The van der Waals surface area contributed by atoms with Crippen molar-refractivity contribution in [3.05, 3.63) is 84.1 Å². The Hall–Kier alpha value is -6.10. The number of carbonyl (C=O) groups is 6. The molecule has 17 heteroatoms. The van der Waals surface area contributed by atoms with Crippen LogP contribution in [0.2, 0.25) is 0 Å². The SMILES string of the molecule is CC(C)(O)c1cnnn1[C@H]1C[C@@H](C(=O)NC(CCCCNC(=O)OCc2ccccc2)C(=O)C(N)=O)N(C(=O)[C@H](CCC(=O)c2cncc3cccnc23)CC2CCCCC2)C1. The molecule has 1 aliphatic heterocycles. The van der Waals surface area contributed by atoms with Crippen molar-refractivity contribution >= 4 is 46.3 Å². The number of ketones is 2. The zero-order valence-electron chi connectivity index (χ0n) is 35.4. The van der Waals surface area contributed by atoms with E-state index in [9.17, 15) is 33.9 Å². The Balaban J connectivity index is 1.18. The molecule has 0 bridgehead atoms. The molecule has 2 fully saturated rings. The first kappa shape index (κ1) is 45.4. The lowest BCUT2D eigenvalue weighted by molar-refractivity contribution is -0.143. The van der Waals surface area contributed by atoms with Gasteiger partial charge in [0.15, 0.2) is 5.78 Å². The number of nitrogens with one attached hydrogen (secondary N) is 2. The number of hydrogen-bond donors (Lipinski definition) is 4. The number of benzene rings is 1. The summed E-state index contributed by atoms with van der Waals surface area (Å²) in [5.41, 5.74) is 6.23. The van der Waals surface area contributed by atoms with Gasteiger partial charge in [-0.3, -0.25) is 33.9 Å². The normalized spacial score (nSPS) is 17.9.